The molecule has 1 atom stereocenters. The summed E-state index contributed by atoms with van der Waals surface area (Å²) in [7, 11) is 0. The van der Waals surface area contributed by atoms with Crippen molar-refractivity contribution in [3.05, 3.63) is 42.0 Å². The predicted molar refractivity (Wildman–Crippen MR) is 89.7 cm³/mol. The van der Waals surface area contributed by atoms with Crippen molar-refractivity contribution in [2.75, 3.05) is 13.2 Å². The van der Waals surface area contributed by atoms with E-state index in [1.807, 2.05) is 24.3 Å². The van der Waals surface area contributed by atoms with Crippen LogP contribution in [0.3, 0.4) is 0 Å². The Bertz CT molecular complexity index is 707. The van der Waals surface area contributed by atoms with Gasteiger partial charge < -0.3 is 9.47 Å². The van der Waals surface area contributed by atoms with Crippen LogP contribution in [-0.2, 0) is 9.53 Å². The van der Waals surface area contributed by atoms with E-state index in [1.165, 1.54) is 5.56 Å². The van der Waals surface area contributed by atoms with E-state index in [-0.39, 0.29) is 0 Å². The third-order valence-corrected chi connectivity index (χ3v) is 3.89. The van der Waals surface area contributed by atoms with Crippen LogP contribution in [0.15, 0.2) is 36.4 Å². The van der Waals surface area contributed by atoms with Gasteiger partial charge in [0.1, 0.15) is 5.75 Å². The molecule has 2 aromatic carbocycles. The zero-order valence-electron chi connectivity index (χ0n) is 14.1. The minimum atomic E-state index is -3.04. The Kier molecular flexibility index (Phi) is 5.75. The molecule has 0 amide bonds. The lowest BCUT2D eigenvalue weighted by Gasteiger charge is -2.15. The van der Waals surface area contributed by atoms with E-state index in [1.54, 1.807) is 6.07 Å². The molecule has 0 radical (unpaired) electrons. The fraction of sp³-hybridized carbons (Fsp3) is 0.421. The Balaban J connectivity index is 2.14. The number of ether oxygens (including phenoxy) is 2. The SMILES string of the molecule is CCC(C)c1cccc2c(OCC(=O)OCC(C)(F)F)cccc12. The Morgan fingerprint density at radius 3 is 2.50 bits per heavy atom. The number of esters is 1. The molecule has 0 saturated heterocycles. The first-order chi connectivity index (χ1) is 11.3. The molecule has 0 heterocycles. The first-order valence-electron chi connectivity index (χ1n) is 7.99. The van der Waals surface area contributed by atoms with Gasteiger partial charge in [-0.3, -0.25) is 0 Å². The summed E-state index contributed by atoms with van der Waals surface area (Å²) in [5.41, 5.74) is 1.22. The molecular weight excluding hydrogens is 314 g/mol. The number of rotatable bonds is 7. The minimum Gasteiger partial charge on any atom is -0.481 e. The largest absolute Gasteiger partial charge is 0.481 e. The number of hydrogen-bond acceptors (Lipinski definition) is 3. The van der Waals surface area contributed by atoms with E-state index in [4.69, 9.17) is 4.74 Å². The molecule has 0 saturated carbocycles. The fourth-order valence-electron chi connectivity index (χ4n) is 2.47. The summed E-state index contributed by atoms with van der Waals surface area (Å²) in [6.07, 6.45) is 1.02. The topological polar surface area (TPSA) is 35.5 Å². The second-order valence-corrected chi connectivity index (χ2v) is 6.03. The predicted octanol–water partition coefficient (Wildman–Crippen LogP) is 4.93. The highest BCUT2D eigenvalue weighted by Gasteiger charge is 2.23. The van der Waals surface area contributed by atoms with E-state index in [0.717, 1.165) is 17.2 Å². The maximum absolute atomic E-state index is 12.7. The molecular formula is C19H22F2O3. The lowest BCUT2D eigenvalue weighted by molar-refractivity contribution is -0.155. The van der Waals surface area contributed by atoms with Gasteiger partial charge in [0.2, 0.25) is 0 Å². The van der Waals surface area contributed by atoms with Gasteiger partial charge in [-0.05, 0) is 29.4 Å². The number of carbonyl (C=O) groups is 1. The third-order valence-electron chi connectivity index (χ3n) is 3.89. The van der Waals surface area contributed by atoms with Gasteiger partial charge in [-0.2, -0.15) is 0 Å². The Morgan fingerprint density at radius 1 is 1.17 bits per heavy atom. The van der Waals surface area contributed by atoms with Crippen molar-refractivity contribution in [1.29, 1.82) is 0 Å². The van der Waals surface area contributed by atoms with Crippen LogP contribution in [0.5, 0.6) is 5.75 Å². The zero-order valence-corrected chi connectivity index (χ0v) is 14.1. The van der Waals surface area contributed by atoms with Gasteiger partial charge in [-0.15, -0.1) is 0 Å². The molecule has 0 bridgehead atoms. The Labute approximate surface area is 140 Å². The third kappa shape index (κ3) is 4.66. The van der Waals surface area contributed by atoms with E-state index >= 15 is 0 Å². The van der Waals surface area contributed by atoms with Crippen molar-refractivity contribution in [3.8, 4) is 5.75 Å². The van der Waals surface area contributed by atoms with Gasteiger partial charge in [-0.1, -0.05) is 44.2 Å². The minimum absolute atomic E-state index is 0.400. The maximum Gasteiger partial charge on any atom is 0.344 e. The van der Waals surface area contributed by atoms with Crippen LogP contribution < -0.4 is 4.74 Å². The van der Waals surface area contributed by atoms with Crippen molar-refractivity contribution < 1.29 is 23.0 Å². The van der Waals surface area contributed by atoms with Crippen LogP contribution in [0.1, 0.15) is 38.7 Å². The van der Waals surface area contributed by atoms with Gasteiger partial charge in [0.15, 0.2) is 13.2 Å². The highest BCUT2D eigenvalue weighted by atomic mass is 19.3. The lowest BCUT2D eigenvalue weighted by atomic mass is 9.93. The second-order valence-electron chi connectivity index (χ2n) is 6.03. The number of benzene rings is 2. The Hall–Kier alpha value is -2.17. The molecule has 5 heteroatoms. The summed E-state index contributed by atoms with van der Waals surface area (Å²) in [4.78, 5) is 11.5. The van der Waals surface area contributed by atoms with Crippen LogP contribution >= 0.6 is 0 Å². The van der Waals surface area contributed by atoms with E-state index < -0.39 is 25.1 Å². The average Bonchev–Trinajstić information content (AvgIpc) is 2.56. The molecule has 2 aromatic rings. The standard InChI is InChI=1S/C19H22F2O3/c1-4-13(2)14-7-5-9-16-15(14)8-6-10-17(16)23-11-18(22)24-12-19(3,20)21/h5-10,13H,4,11-12H2,1-3H3. The molecule has 3 nitrogen and oxygen atoms in total. The average molecular weight is 336 g/mol. The van der Waals surface area contributed by atoms with Crippen molar-refractivity contribution >= 4 is 16.7 Å². The second kappa shape index (κ2) is 7.60. The summed E-state index contributed by atoms with van der Waals surface area (Å²) < 4.78 is 35.4. The fourth-order valence-corrected chi connectivity index (χ4v) is 2.47. The molecule has 2 rings (SSSR count). The van der Waals surface area contributed by atoms with Crippen LogP contribution in [0.4, 0.5) is 8.78 Å². The molecule has 0 aliphatic carbocycles. The van der Waals surface area contributed by atoms with Crippen molar-refractivity contribution in [3.63, 3.8) is 0 Å². The summed E-state index contributed by atoms with van der Waals surface area (Å²) in [5, 5.41) is 1.96. The molecule has 0 aliphatic heterocycles. The van der Waals surface area contributed by atoms with Gasteiger partial charge in [-0.25, -0.2) is 13.6 Å². The first kappa shape index (κ1) is 18.2. The number of halogens is 2. The van der Waals surface area contributed by atoms with Crippen LogP contribution in [0, 0.1) is 0 Å². The summed E-state index contributed by atoms with van der Waals surface area (Å²) in [5.74, 6) is -2.91. The van der Waals surface area contributed by atoms with Crippen molar-refractivity contribution in [1.82, 2.24) is 0 Å². The van der Waals surface area contributed by atoms with Gasteiger partial charge in [0.05, 0.1) is 0 Å². The van der Waals surface area contributed by atoms with Crippen LogP contribution in [0.25, 0.3) is 10.8 Å². The van der Waals surface area contributed by atoms with Gasteiger partial charge in [0.25, 0.3) is 5.92 Å². The molecule has 0 aromatic heterocycles. The normalized spacial score (nSPS) is 12.9. The van der Waals surface area contributed by atoms with Crippen molar-refractivity contribution in [2.24, 2.45) is 0 Å². The van der Waals surface area contributed by atoms with Crippen molar-refractivity contribution in [2.45, 2.75) is 39.0 Å². The number of hydrogen-bond donors (Lipinski definition) is 0. The monoisotopic (exact) mass is 336 g/mol. The van der Waals surface area contributed by atoms with Crippen LogP contribution in [0.2, 0.25) is 0 Å². The highest BCUT2D eigenvalue weighted by Crippen LogP contribution is 2.32. The first-order valence-corrected chi connectivity index (χ1v) is 7.99. The molecule has 24 heavy (non-hydrogen) atoms. The van der Waals surface area contributed by atoms with E-state index in [9.17, 15) is 13.6 Å². The molecule has 0 fully saturated rings. The smallest absolute Gasteiger partial charge is 0.344 e. The van der Waals surface area contributed by atoms with E-state index in [2.05, 4.69) is 24.7 Å². The number of carbonyl (C=O) groups excluding carboxylic acids is 1. The van der Waals surface area contributed by atoms with Gasteiger partial charge >= 0.3 is 5.97 Å². The zero-order chi connectivity index (χ0) is 17.7. The highest BCUT2D eigenvalue weighted by molar-refractivity contribution is 5.91. The molecule has 0 N–H and O–H groups in total. The quantitative estimate of drug-likeness (QED) is 0.673. The molecule has 0 spiro atoms. The van der Waals surface area contributed by atoms with Crippen LogP contribution in [-0.4, -0.2) is 25.1 Å². The summed E-state index contributed by atoms with van der Waals surface area (Å²) in [6, 6.07) is 11.6. The molecule has 0 aliphatic rings. The lowest BCUT2D eigenvalue weighted by Crippen LogP contribution is -2.24. The summed E-state index contributed by atoms with van der Waals surface area (Å²) >= 11 is 0. The summed E-state index contributed by atoms with van der Waals surface area (Å²) in [6.45, 7) is 3.64. The van der Waals surface area contributed by atoms with Gasteiger partial charge in [0, 0.05) is 12.3 Å². The maximum atomic E-state index is 12.7. The Morgan fingerprint density at radius 2 is 1.83 bits per heavy atom. The molecule has 130 valence electrons. The number of fused-ring (bicyclic) bond motifs is 1. The number of alkyl halides is 2. The van der Waals surface area contributed by atoms with E-state index in [0.29, 0.717) is 18.6 Å². The molecule has 1 unspecified atom stereocenters.